The molecule has 0 atom stereocenters. The first kappa shape index (κ1) is 31.0. The first-order chi connectivity index (χ1) is 17.5. The second-order valence-corrected chi connectivity index (χ2v) is 11.9. The highest BCUT2D eigenvalue weighted by Gasteiger charge is 2.16. The Balaban J connectivity index is 1.76. The van der Waals surface area contributed by atoms with Crippen molar-refractivity contribution < 1.29 is 0 Å². The summed E-state index contributed by atoms with van der Waals surface area (Å²) in [5.41, 5.74) is 7.56. The summed E-state index contributed by atoms with van der Waals surface area (Å²) in [6, 6.07) is 13.1. The van der Waals surface area contributed by atoms with Gasteiger partial charge in [0.15, 0.2) is 10.2 Å². The van der Waals surface area contributed by atoms with E-state index in [1.165, 1.54) is 22.3 Å². The molecule has 0 saturated heterocycles. The summed E-state index contributed by atoms with van der Waals surface area (Å²) in [5, 5.41) is 15.2. The van der Waals surface area contributed by atoms with E-state index >= 15 is 0 Å². The SMILES string of the molecule is CC(C)c1cccc(C(C)C)c1NC(=S)NCCCCCNC(=S)Nc1c(C(C)C)cccc1C(C)C. The molecule has 37 heavy (non-hydrogen) atoms. The molecule has 4 N–H and O–H groups in total. The fourth-order valence-electron chi connectivity index (χ4n) is 4.54. The molecule has 0 heterocycles. The Morgan fingerprint density at radius 1 is 0.541 bits per heavy atom. The van der Waals surface area contributed by atoms with E-state index in [0.29, 0.717) is 33.9 Å². The summed E-state index contributed by atoms with van der Waals surface area (Å²) in [6.45, 7) is 19.5. The summed E-state index contributed by atoms with van der Waals surface area (Å²) in [4.78, 5) is 0. The van der Waals surface area contributed by atoms with Crippen LogP contribution in [0.4, 0.5) is 11.4 Å². The second-order valence-electron chi connectivity index (χ2n) is 11.1. The van der Waals surface area contributed by atoms with Gasteiger partial charge in [0.25, 0.3) is 0 Å². The van der Waals surface area contributed by atoms with Gasteiger partial charge in [0.05, 0.1) is 0 Å². The number of para-hydroxylation sites is 2. The summed E-state index contributed by atoms with van der Waals surface area (Å²) in [7, 11) is 0. The Kier molecular flexibility index (Phi) is 12.8. The van der Waals surface area contributed by atoms with Gasteiger partial charge in [-0.2, -0.15) is 0 Å². The zero-order chi connectivity index (χ0) is 27.5. The summed E-state index contributed by atoms with van der Waals surface area (Å²) >= 11 is 11.2. The maximum Gasteiger partial charge on any atom is 0.170 e. The molecule has 4 nitrogen and oxygen atoms in total. The summed E-state index contributed by atoms with van der Waals surface area (Å²) < 4.78 is 0. The molecule has 0 bridgehead atoms. The maximum absolute atomic E-state index is 5.62. The molecule has 0 radical (unpaired) electrons. The molecule has 0 aromatic heterocycles. The van der Waals surface area contributed by atoms with Crippen molar-refractivity contribution in [2.75, 3.05) is 23.7 Å². The number of nitrogens with one attached hydrogen (secondary N) is 4. The number of hydrogen-bond acceptors (Lipinski definition) is 2. The largest absolute Gasteiger partial charge is 0.362 e. The Bertz CT molecular complexity index is 894. The van der Waals surface area contributed by atoms with Crippen LogP contribution in [0.25, 0.3) is 0 Å². The number of hydrogen-bond donors (Lipinski definition) is 4. The minimum atomic E-state index is 0.438. The van der Waals surface area contributed by atoms with Crippen molar-refractivity contribution >= 4 is 46.0 Å². The smallest absolute Gasteiger partial charge is 0.170 e. The van der Waals surface area contributed by atoms with Crippen LogP contribution in [-0.2, 0) is 0 Å². The van der Waals surface area contributed by atoms with Crippen LogP contribution in [0.15, 0.2) is 36.4 Å². The Morgan fingerprint density at radius 2 is 0.838 bits per heavy atom. The fraction of sp³-hybridized carbons (Fsp3) is 0.548. The number of rotatable bonds is 12. The molecule has 0 aliphatic rings. The Hall–Kier alpha value is -2.18. The monoisotopic (exact) mass is 540 g/mol. The molecular formula is C31H48N4S2. The van der Waals surface area contributed by atoms with Crippen LogP contribution in [0.5, 0.6) is 0 Å². The van der Waals surface area contributed by atoms with E-state index in [2.05, 4.69) is 113 Å². The number of benzene rings is 2. The van der Waals surface area contributed by atoms with E-state index in [-0.39, 0.29) is 0 Å². The lowest BCUT2D eigenvalue weighted by Crippen LogP contribution is -2.31. The van der Waals surface area contributed by atoms with Crippen molar-refractivity contribution in [2.45, 2.75) is 98.3 Å². The van der Waals surface area contributed by atoms with E-state index in [1.54, 1.807) is 0 Å². The van der Waals surface area contributed by atoms with Gasteiger partial charge in [-0.1, -0.05) is 91.8 Å². The number of thiocarbonyl (C=S) groups is 2. The standard InChI is InChI=1S/C31H48N4S2/c1-20(2)24-14-12-15-25(21(3)4)28(24)34-30(36)32-18-10-9-11-19-33-31(37)35-29-26(22(5)6)16-13-17-27(29)23(7)8/h12-17,20-23H,9-11,18-19H2,1-8H3,(H2,32,34,36)(H2,33,35,37). The lowest BCUT2D eigenvalue weighted by atomic mass is 9.93. The van der Waals surface area contributed by atoms with Crippen LogP contribution in [0.1, 0.15) is 121 Å². The second kappa shape index (κ2) is 15.3. The number of anilines is 2. The van der Waals surface area contributed by atoms with E-state index in [0.717, 1.165) is 43.7 Å². The van der Waals surface area contributed by atoms with Crippen molar-refractivity contribution in [2.24, 2.45) is 0 Å². The molecule has 0 fully saturated rings. The summed E-state index contributed by atoms with van der Waals surface area (Å²) in [5.74, 6) is 1.75. The van der Waals surface area contributed by atoms with Gasteiger partial charge in [0, 0.05) is 24.5 Å². The molecule has 6 heteroatoms. The molecule has 2 aromatic carbocycles. The highest BCUT2D eigenvalue weighted by atomic mass is 32.1. The number of unbranched alkanes of at least 4 members (excludes halogenated alkanes) is 2. The Morgan fingerprint density at radius 3 is 1.11 bits per heavy atom. The van der Waals surface area contributed by atoms with Crippen molar-refractivity contribution in [3.63, 3.8) is 0 Å². The van der Waals surface area contributed by atoms with E-state index in [1.807, 2.05) is 0 Å². The van der Waals surface area contributed by atoms with Gasteiger partial charge in [-0.25, -0.2) is 0 Å². The molecule has 0 amide bonds. The zero-order valence-corrected chi connectivity index (χ0v) is 25.8. The summed E-state index contributed by atoms with van der Waals surface area (Å²) in [6.07, 6.45) is 3.21. The fourth-order valence-corrected chi connectivity index (χ4v) is 4.95. The first-order valence-electron chi connectivity index (χ1n) is 13.9. The average Bonchev–Trinajstić information content (AvgIpc) is 2.83. The van der Waals surface area contributed by atoms with Crippen LogP contribution in [0.3, 0.4) is 0 Å². The van der Waals surface area contributed by atoms with E-state index in [4.69, 9.17) is 24.4 Å². The lowest BCUT2D eigenvalue weighted by Gasteiger charge is -2.22. The first-order valence-corrected chi connectivity index (χ1v) is 14.7. The molecule has 0 saturated carbocycles. The third-order valence-electron chi connectivity index (χ3n) is 6.65. The third-order valence-corrected chi connectivity index (χ3v) is 7.14. The van der Waals surface area contributed by atoms with Crippen molar-refractivity contribution in [1.82, 2.24) is 10.6 Å². The molecule has 0 unspecified atom stereocenters. The van der Waals surface area contributed by atoms with Gasteiger partial charge in [-0.3, -0.25) is 0 Å². The van der Waals surface area contributed by atoms with Crippen LogP contribution in [0, 0.1) is 0 Å². The highest BCUT2D eigenvalue weighted by molar-refractivity contribution is 7.80. The predicted molar refractivity (Wildman–Crippen MR) is 172 cm³/mol. The predicted octanol–water partition coefficient (Wildman–Crippen LogP) is 8.62. The van der Waals surface area contributed by atoms with Gasteiger partial charge < -0.3 is 21.3 Å². The zero-order valence-electron chi connectivity index (χ0n) is 24.1. The minimum Gasteiger partial charge on any atom is -0.362 e. The van der Waals surface area contributed by atoms with Gasteiger partial charge in [0.1, 0.15) is 0 Å². The molecule has 2 aromatic rings. The molecule has 0 spiro atoms. The topological polar surface area (TPSA) is 48.1 Å². The van der Waals surface area contributed by atoms with Crippen LogP contribution < -0.4 is 21.3 Å². The van der Waals surface area contributed by atoms with E-state index in [9.17, 15) is 0 Å². The average molecular weight is 541 g/mol. The van der Waals surface area contributed by atoms with Gasteiger partial charge >= 0.3 is 0 Å². The lowest BCUT2D eigenvalue weighted by molar-refractivity contribution is 0.654. The minimum absolute atomic E-state index is 0.438. The van der Waals surface area contributed by atoms with Gasteiger partial charge in [-0.05, 0) is 89.6 Å². The van der Waals surface area contributed by atoms with Gasteiger partial charge in [0.2, 0.25) is 0 Å². The molecule has 2 rings (SSSR count). The van der Waals surface area contributed by atoms with Crippen LogP contribution in [-0.4, -0.2) is 23.3 Å². The normalized spacial score (nSPS) is 11.4. The van der Waals surface area contributed by atoms with Crippen molar-refractivity contribution in [1.29, 1.82) is 0 Å². The quantitative estimate of drug-likeness (QED) is 0.160. The van der Waals surface area contributed by atoms with Crippen molar-refractivity contribution in [3.8, 4) is 0 Å². The highest BCUT2D eigenvalue weighted by Crippen LogP contribution is 2.33. The third kappa shape index (κ3) is 9.57. The van der Waals surface area contributed by atoms with Gasteiger partial charge in [-0.15, -0.1) is 0 Å². The maximum atomic E-state index is 5.62. The van der Waals surface area contributed by atoms with Crippen LogP contribution in [0.2, 0.25) is 0 Å². The molecule has 0 aliphatic carbocycles. The van der Waals surface area contributed by atoms with Crippen LogP contribution >= 0.6 is 24.4 Å². The molecule has 0 aliphatic heterocycles. The van der Waals surface area contributed by atoms with Crippen molar-refractivity contribution in [3.05, 3.63) is 58.7 Å². The van der Waals surface area contributed by atoms with E-state index < -0.39 is 0 Å². The molecule has 204 valence electrons. The Labute approximate surface area is 236 Å². The molecular weight excluding hydrogens is 493 g/mol.